The Hall–Kier alpha value is -0.570. The van der Waals surface area contributed by atoms with Crippen LogP contribution in [-0.2, 0) is 4.79 Å². The monoisotopic (exact) mass is 168 g/mol. The lowest BCUT2D eigenvalue weighted by Gasteiger charge is -2.34. The molecule has 0 bridgehead atoms. The van der Waals surface area contributed by atoms with E-state index < -0.39 is 0 Å². The number of carbonyl (C=O) groups is 1. The van der Waals surface area contributed by atoms with Crippen LogP contribution in [0, 0.1) is 11.3 Å². The highest BCUT2D eigenvalue weighted by atomic mass is 16.2. The van der Waals surface area contributed by atoms with Gasteiger partial charge in [-0.1, -0.05) is 6.42 Å². The molecule has 0 unspecified atom stereocenters. The number of nitrogens with two attached hydrogens (primary N) is 1. The van der Waals surface area contributed by atoms with Gasteiger partial charge in [-0.05, 0) is 31.6 Å². The highest BCUT2D eigenvalue weighted by Gasteiger charge is 2.57. The topological polar surface area (TPSA) is 46.3 Å². The van der Waals surface area contributed by atoms with Crippen molar-refractivity contribution in [3.63, 3.8) is 0 Å². The number of rotatable bonds is 2. The van der Waals surface area contributed by atoms with Crippen LogP contribution >= 0.6 is 0 Å². The van der Waals surface area contributed by atoms with Gasteiger partial charge in [0.2, 0.25) is 5.91 Å². The summed E-state index contributed by atoms with van der Waals surface area (Å²) in [5.41, 5.74) is -0.0122. The predicted molar refractivity (Wildman–Crippen MR) is 46.0 cm³/mol. The van der Waals surface area contributed by atoms with E-state index in [1.54, 1.807) is 7.05 Å². The molecule has 3 nitrogen and oxygen atoms in total. The number of amides is 1. The van der Waals surface area contributed by atoms with Crippen molar-refractivity contribution in [1.82, 2.24) is 5.01 Å². The molecule has 2 N–H and O–H groups in total. The molecule has 0 atom stereocenters. The van der Waals surface area contributed by atoms with Crippen LogP contribution in [-0.4, -0.2) is 18.0 Å². The maximum Gasteiger partial charge on any atom is 0.242 e. The van der Waals surface area contributed by atoms with Crippen molar-refractivity contribution >= 4 is 5.91 Å². The molecule has 68 valence electrons. The van der Waals surface area contributed by atoms with E-state index in [1.165, 1.54) is 24.3 Å². The average Bonchev–Trinajstić information content (AvgIpc) is 2.64. The van der Waals surface area contributed by atoms with Crippen LogP contribution in [0.1, 0.15) is 32.1 Å². The Morgan fingerprint density at radius 1 is 1.50 bits per heavy atom. The van der Waals surface area contributed by atoms with Crippen LogP contribution in [0.2, 0.25) is 0 Å². The number of nitrogens with zero attached hydrogens (tertiary/aromatic N) is 1. The molecule has 0 aromatic rings. The molecule has 2 saturated carbocycles. The van der Waals surface area contributed by atoms with E-state index >= 15 is 0 Å². The summed E-state index contributed by atoms with van der Waals surface area (Å²) >= 11 is 0. The summed E-state index contributed by atoms with van der Waals surface area (Å²) in [6.45, 7) is 0. The van der Waals surface area contributed by atoms with Crippen LogP contribution in [0.4, 0.5) is 0 Å². The largest absolute Gasteiger partial charge is 0.283 e. The van der Waals surface area contributed by atoms with E-state index in [4.69, 9.17) is 5.84 Å². The first kappa shape index (κ1) is 8.05. The minimum atomic E-state index is -0.0122. The molecule has 0 spiro atoms. The zero-order valence-corrected chi connectivity index (χ0v) is 7.55. The summed E-state index contributed by atoms with van der Waals surface area (Å²) in [6, 6.07) is 0. The zero-order valence-electron chi connectivity index (χ0n) is 7.55. The first-order valence-electron chi connectivity index (χ1n) is 4.70. The third-order valence-corrected chi connectivity index (χ3v) is 3.42. The molecule has 0 aromatic heterocycles. The summed E-state index contributed by atoms with van der Waals surface area (Å²) in [5, 5.41) is 1.27. The first-order chi connectivity index (χ1) is 5.67. The van der Waals surface area contributed by atoms with Crippen LogP contribution in [0.5, 0.6) is 0 Å². The molecule has 1 amide bonds. The van der Waals surface area contributed by atoms with Crippen LogP contribution in [0.3, 0.4) is 0 Å². The zero-order chi connectivity index (χ0) is 8.77. The Bertz CT molecular complexity index is 205. The lowest BCUT2D eigenvalue weighted by Crippen LogP contribution is -2.43. The fraction of sp³-hybridized carbons (Fsp3) is 0.889. The van der Waals surface area contributed by atoms with Gasteiger partial charge in [-0.15, -0.1) is 0 Å². The minimum Gasteiger partial charge on any atom is -0.283 e. The number of hydrogen-bond donors (Lipinski definition) is 1. The highest BCUT2D eigenvalue weighted by molar-refractivity contribution is 5.85. The second-order valence-corrected chi connectivity index (χ2v) is 4.20. The number of hydrazine groups is 1. The van der Waals surface area contributed by atoms with E-state index in [9.17, 15) is 4.79 Å². The van der Waals surface area contributed by atoms with Gasteiger partial charge in [-0.3, -0.25) is 9.80 Å². The van der Waals surface area contributed by atoms with Gasteiger partial charge < -0.3 is 0 Å². The maximum atomic E-state index is 11.7. The van der Waals surface area contributed by atoms with E-state index in [0.29, 0.717) is 5.92 Å². The Morgan fingerprint density at radius 3 is 2.33 bits per heavy atom. The fourth-order valence-electron chi connectivity index (χ4n) is 2.24. The third kappa shape index (κ3) is 0.959. The van der Waals surface area contributed by atoms with Gasteiger partial charge >= 0.3 is 0 Å². The van der Waals surface area contributed by atoms with Gasteiger partial charge in [0.1, 0.15) is 0 Å². The average molecular weight is 168 g/mol. The molecule has 12 heavy (non-hydrogen) atoms. The fourth-order valence-corrected chi connectivity index (χ4v) is 2.24. The maximum absolute atomic E-state index is 11.7. The molecule has 2 aliphatic rings. The van der Waals surface area contributed by atoms with E-state index in [2.05, 4.69) is 0 Å². The SMILES string of the molecule is CN(N)C(=O)C1(C2CCC2)CC1. The highest BCUT2D eigenvalue weighted by Crippen LogP contribution is 2.59. The van der Waals surface area contributed by atoms with Crippen molar-refractivity contribution in [1.29, 1.82) is 0 Å². The van der Waals surface area contributed by atoms with Gasteiger partial charge in [0.25, 0.3) is 0 Å². The summed E-state index contributed by atoms with van der Waals surface area (Å²) in [4.78, 5) is 11.7. The van der Waals surface area contributed by atoms with Crippen molar-refractivity contribution in [3.8, 4) is 0 Å². The Morgan fingerprint density at radius 2 is 2.08 bits per heavy atom. The molecule has 2 aliphatic carbocycles. The minimum absolute atomic E-state index is 0.0122. The standard InChI is InChI=1S/C9H16N2O/c1-11(10)8(12)9(5-6-9)7-3-2-4-7/h7H,2-6,10H2,1H3. The Balaban J connectivity index is 2.05. The van der Waals surface area contributed by atoms with E-state index in [-0.39, 0.29) is 11.3 Å². The molecular formula is C9H16N2O. The van der Waals surface area contributed by atoms with Gasteiger partial charge in [0.15, 0.2) is 0 Å². The van der Waals surface area contributed by atoms with Crippen molar-refractivity contribution < 1.29 is 4.79 Å². The molecule has 0 heterocycles. The molecular weight excluding hydrogens is 152 g/mol. The van der Waals surface area contributed by atoms with Gasteiger partial charge in [0.05, 0.1) is 5.41 Å². The first-order valence-corrected chi connectivity index (χ1v) is 4.70. The van der Waals surface area contributed by atoms with Crippen LogP contribution in [0.25, 0.3) is 0 Å². The molecule has 2 rings (SSSR count). The molecule has 0 radical (unpaired) electrons. The Kier molecular flexibility index (Phi) is 1.65. The summed E-state index contributed by atoms with van der Waals surface area (Å²) in [7, 11) is 1.65. The molecule has 3 heteroatoms. The van der Waals surface area contributed by atoms with Crippen LogP contribution < -0.4 is 5.84 Å². The molecule has 0 saturated heterocycles. The smallest absolute Gasteiger partial charge is 0.242 e. The van der Waals surface area contributed by atoms with Gasteiger partial charge in [-0.2, -0.15) is 0 Å². The predicted octanol–water partition coefficient (Wildman–Crippen LogP) is 0.899. The van der Waals surface area contributed by atoms with E-state index in [0.717, 1.165) is 12.8 Å². The second kappa shape index (κ2) is 2.46. The van der Waals surface area contributed by atoms with Crippen molar-refractivity contribution in [3.05, 3.63) is 0 Å². The van der Waals surface area contributed by atoms with Gasteiger partial charge in [0, 0.05) is 7.05 Å². The lowest BCUT2D eigenvalue weighted by atomic mass is 9.73. The normalized spacial score (nSPS) is 26.2. The number of carbonyl (C=O) groups excluding carboxylic acids is 1. The van der Waals surface area contributed by atoms with Crippen molar-refractivity contribution in [2.24, 2.45) is 17.2 Å². The molecule has 0 aliphatic heterocycles. The van der Waals surface area contributed by atoms with Crippen LogP contribution in [0.15, 0.2) is 0 Å². The second-order valence-electron chi connectivity index (χ2n) is 4.20. The Labute approximate surface area is 72.9 Å². The third-order valence-electron chi connectivity index (χ3n) is 3.42. The lowest BCUT2D eigenvalue weighted by molar-refractivity contribution is -0.139. The molecule has 0 aromatic carbocycles. The van der Waals surface area contributed by atoms with Crippen molar-refractivity contribution in [2.75, 3.05) is 7.05 Å². The number of hydrogen-bond acceptors (Lipinski definition) is 2. The summed E-state index contributed by atoms with van der Waals surface area (Å²) in [5.74, 6) is 6.27. The van der Waals surface area contributed by atoms with Crippen molar-refractivity contribution in [2.45, 2.75) is 32.1 Å². The summed E-state index contributed by atoms with van der Waals surface area (Å²) < 4.78 is 0. The van der Waals surface area contributed by atoms with Gasteiger partial charge in [-0.25, -0.2) is 5.84 Å². The van der Waals surface area contributed by atoms with E-state index in [1.807, 2.05) is 0 Å². The quantitative estimate of drug-likeness (QED) is 0.378. The summed E-state index contributed by atoms with van der Waals surface area (Å²) in [6.07, 6.45) is 5.91. The molecule has 2 fully saturated rings.